The fraction of sp³-hybridized carbons (Fsp3) is 0.500. The molecule has 0 N–H and O–H groups in total. The fourth-order valence-electron chi connectivity index (χ4n) is 0.351. The SMILES string of the molecule is CC(=S)CC(=S)C(C)=S. The van der Waals surface area contributed by atoms with Crippen molar-refractivity contribution in [3.05, 3.63) is 0 Å². The van der Waals surface area contributed by atoms with E-state index in [1.54, 1.807) is 0 Å². The summed E-state index contributed by atoms with van der Waals surface area (Å²) >= 11 is 14.6. The van der Waals surface area contributed by atoms with Gasteiger partial charge in [-0.2, -0.15) is 0 Å². The maximum atomic E-state index is 4.93. The minimum atomic E-state index is 0.694. The fourth-order valence-corrected chi connectivity index (χ4v) is 0.875. The summed E-state index contributed by atoms with van der Waals surface area (Å²) in [5.41, 5.74) is 0. The van der Waals surface area contributed by atoms with Gasteiger partial charge in [0.1, 0.15) is 0 Å². The topological polar surface area (TPSA) is 0 Å². The van der Waals surface area contributed by atoms with Gasteiger partial charge in [-0.25, -0.2) is 0 Å². The summed E-state index contributed by atoms with van der Waals surface area (Å²) in [6.45, 7) is 3.70. The minimum absolute atomic E-state index is 0.694. The first kappa shape index (κ1) is 9.27. The van der Waals surface area contributed by atoms with Gasteiger partial charge in [0.15, 0.2) is 0 Å². The molecule has 0 aromatic rings. The Labute approximate surface area is 71.6 Å². The van der Waals surface area contributed by atoms with Crippen LogP contribution >= 0.6 is 36.7 Å². The summed E-state index contributed by atoms with van der Waals surface area (Å²) < 4.78 is 0. The van der Waals surface area contributed by atoms with Gasteiger partial charge in [0.2, 0.25) is 0 Å². The Kier molecular flexibility index (Phi) is 4.27. The van der Waals surface area contributed by atoms with Crippen LogP contribution in [0.2, 0.25) is 0 Å². The Morgan fingerprint density at radius 1 is 1.11 bits per heavy atom. The normalized spacial score (nSPS) is 8.67. The number of hydrogen-bond acceptors (Lipinski definition) is 3. The van der Waals surface area contributed by atoms with Crippen molar-refractivity contribution in [2.24, 2.45) is 0 Å². The number of thiocarbonyl (C=S) groups is 3. The van der Waals surface area contributed by atoms with Crippen molar-refractivity contribution in [1.82, 2.24) is 0 Å². The van der Waals surface area contributed by atoms with Crippen molar-refractivity contribution < 1.29 is 0 Å². The summed E-state index contributed by atoms with van der Waals surface area (Å²) in [6, 6.07) is 0. The molecule has 0 nitrogen and oxygen atoms in total. The van der Waals surface area contributed by atoms with Crippen LogP contribution < -0.4 is 0 Å². The molecule has 0 aliphatic heterocycles. The molecule has 0 aliphatic rings. The second-order valence-electron chi connectivity index (χ2n) is 1.86. The molecule has 0 aliphatic carbocycles. The van der Waals surface area contributed by atoms with Crippen LogP contribution in [0.25, 0.3) is 0 Å². The average Bonchev–Trinajstić information content (AvgIpc) is 1.63. The molecule has 9 heavy (non-hydrogen) atoms. The molecule has 50 valence electrons. The monoisotopic (exact) mass is 176 g/mol. The standard InChI is InChI=1S/C6H8S3/c1-4(7)3-6(9)5(2)8/h3H2,1-2H3. The van der Waals surface area contributed by atoms with Gasteiger partial charge >= 0.3 is 0 Å². The molecule has 0 aromatic carbocycles. The first-order valence-electron chi connectivity index (χ1n) is 2.57. The summed E-state index contributed by atoms with van der Waals surface area (Å²) in [7, 11) is 0. The molecule has 0 fully saturated rings. The highest BCUT2D eigenvalue weighted by Crippen LogP contribution is 1.93. The van der Waals surface area contributed by atoms with Crippen molar-refractivity contribution in [2.75, 3.05) is 0 Å². The third-order valence-electron chi connectivity index (χ3n) is 0.802. The quantitative estimate of drug-likeness (QED) is 0.607. The van der Waals surface area contributed by atoms with Crippen LogP contribution in [-0.2, 0) is 0 Å². The van der Waals surface area contributed by atoms with Crippen LogP contribution in [0.3, 0.4) is 0 Å². The molecular weight excluding hydrogens is 168 g/mol. The molecule has 0 heterocycles. The minimum Gasteiger partial charge on any atom is -0.0896 e. The third kappa shape index (κ3) is 4.75. The zero-order chi connectivity index (χ0) is 7.44. The van der Waals surface area contributed by atoms with E-state index >= 15 is 0 Å². The van der Waals surface area contributed by atoms with Crippen molar-refractivity contribution in [2.45, 2.75) is 20.3 Å². The summed E-state index contributed by atoms with van der Waals surface area (Å²) in [6.07, 6.45) is 0.694. The Morgan fingerprint density at radius 3 is 1.67 bits per heavy atom. The Morgan fingerprint density at radius 2 is 1.56 bits per heavy atom. The van der Waals surface area contributed by atoms with E-state index in [1.807, 2.05) is 13.8 Å². The van der Waals surface area contributed by atoms with Gasteiger partial charge in [0, 0.05) is 16.1 Å². The number of hydrogen-bond donors (Lipinski definition) is 0. The highest BCUT2D eigenvalue weighted by molar-refractivity contribution is 7.89. The van der Waals surface area contributed by atoms with E-state index in [4.69, 9.17) is 36.7 Å². The Bertz CT molecular complexity index is 158. The highest BCUT2D eigenvalue weighted by atomic mass is 32.1. The van der Waals surface area contributed by atoms with E-state index in [1.165, 1.54) is 0 Å². The van der Waals surface area contributed by atoms with E-state index in [9.17, 15) is 0 Å². The summed E-state index contributed by atoms with van der Waals surface area (Å²) in [5.74, 6) is 0. The van der Waals surface area contributed by atoms with Gasteiger partial charge in [-0.05, 0) is 18.7 Å². The van der Waals surface area contributed by atoms with Gasteiger partial charge < -0.3 is 0 Å². The molecule has 0 bridgehead atoms. The Balaban J connectivity index is 3.79. The first-order chi connectivity index (χ1) is 4.04. The van der Waals surface area contributed by atoms with Crippen LogP contribution in [0, 0.1) is 0 Å². The van der Waals surface area contributed by atoms with Crippen LogP contribution in [0.15, 0.2) is 0 Å². The Hall–Kier alpha value is 0.270. The predicted molar refractivity (Wildman–Crippen MR) is 53.8 cm³/mol. The largest absolute Gasteiger partial charge is 0.0896 e. The second kappa shape index (κ2) is 4.14. The van der Waals surface area contributed by atoms with Crippen LogP contribution in [-0.4, -0.2) is 14.6 Å². The van der Waals surface area contributed by atoms with Gasteiger partial charge in [0.25, 0.3) is 0 Å². The van der Waals surface area contributed by atoms with E-state index in [0.29, 0.717) is 6.42 Å². The van der Waals surface area contributed by atoms with E-state index in [2.05, 4.69) is 0 Å². The molecule has 0 radical (unpaired) electrons. The molecule has 0 unspecified atom stereocenters. The molecule has 0 aromatic heterocycles. The van der Waals surface area contributed by atoms with E-state index in [0.717, 1.165) is 14.6 Å². The zero-order valence-corrected chi connectivity index (χ0v) is 7.88. The smallest absolute Gasteiger partial charge is 0.0337 e. The molecule has 0 rings (SSSR count). The summed E-state index contributed by atoms with van der Waals surface area (Å²) in [4.78, 5) is 2.50. The first-order valence-corrected chi connectivity index (χ1v) is 3.79. The van der Waals surface area contributed by atoms with Crippen LogP contribution in [0.1, 0.15) is 20.3 Å². The highest BCUT2D eigenvalue weighted by Gasteiger charge is 1.98. The molecular formula is C6H8S3. The molecule has 0 spiro atoms. The summed E-state index contributed by atoms with van der Waals surface area (Å²) in [5, 5.41) is 0. The van der Waals surface area contributed by atoms with Crippen molar-refractivity contribution in [1.29, 1.82) is 0 Å². The lowest BCUT2D eigenvalue weighted by molar-refractivity contribution is 1.66. The van der Waals surface area contributed by atoms with Gasteiger partial charge in [0.05, 0.1) is 0 Å². The van der Waals surface area contributed by atoms with Crippen molar-refractivity contribution in [3.8, 4) is 0 Å². The van der Waals surface area contributed by atoms with E-state index in [-0.39, 0.29) is 0 Å². The van der Waals surface area contributed by atoms with Gasteiger partial charge in [-0.3, -0.25) is 0 Å². The lowest BCUT2D eigenvalue weighted by Gasteiger charge is -1.96. The number of rotatable bonds is 3. The maximum absolute atomic E-state index is 4.93. The molecule has 0 saturated carbocycles. The van der Waals surface area contributed by atoms with Crippen LogP contribution in [0.4, 0.5) is 0 Å². The van der Waals surface area contributed by atoms with Crippen molar-refractivity contribution in [3.63, 3.8) is 0 Å². The van der Waals surface area contributed by atoms with Crippen molar-refractivity contribution >= 4 is 51.2 Å². The predicted octanol–water partition coefficient (Wildman–Crippen LogP) is 2.53. The molecule has 0 atom stereocenters. The maximum Gasteiger partial charge on any atom is 0.0337 e. The van der Waals surface area contributed by atoms with E-state index < -0.39 is 0 Å². The second-order valence-corrected chi connectivity index (χ2v) is 3.66. The lowest BCUT2D eigenvalue weighted by atomic mass is 10.2. The third-order valence-corrected chi connectivity index (χ3v) is 1.77. The lowest BCUT2D eigenvalue weighted by Crippen LogP contribution is -2.07. The molecule has 0 amide bonds. The molecule has 3 heteroatoms. The van der Waals surface area contributed by atoms with Gasteiger partial charge in [-0.1, -0.05) is 36.7 Å². The van der Waals surface area contributed by atoms with Crippen LogP contribution in [0.5, 0.6) is 0 Å². The average molecular weight is 176 g/mol. The zero-order valence-electron chi connectivity index (χ0n) is 5.43. The molecule has 0 saturated heterocycles. The van der Waals surface area contributed by atoms with Gasteiger partial charge in [-0.15, -0.1) is 0 Å².